The highest BCUT2D eigenvalue weighted by Gasteiger charge is 2.03. The molecule has 2 aromatic carbocycles. The van der Waals surface area contributed by atoms with Crippen LogP contribution in [0.3, 0.4) is 0 Å². The number of rotatable bonds is 2. The first-order valence-electron chi connectivity index (χ1n) is 6.24. The molecule has 0 unspecified atom stereocenters. The van der Waals surface area contributed by atoms with Crippen LogP contribution in [0, 0.1) is 6.92 Å². The summed E-state index contributed by atoms with van der Waals surface area (Å²) in [5.74, 6) is 0. The van der Waals surface area contributed by atoms with Gasteiger partial charge in [-0.1, -0.05) is 42.0 Å². The molecule has 0 aliphatic carbocycles. The summed E-state index contributed by atoms with van der Waals surface area (Å²) >= 11 is 0. The van der Waals surface area contributed by atoms with Crippen LogP contribution >= 0.6 is 0 Å². The van der Waals surface area contributed by atoms with Crippen LogP contribution < -0.4 is 5.56 Å². The maximum absolute atomic E-state index is 12.3. The molecule has 1 heterocycles. The van der Waals surface area contributed by atoms with Crippen LogP contribution in [0.2, 0.25) is 0 Å². The zero-order valence-corrected chi connectivity index (χ0v) is 10.7. The third-order valence-corrected chi connectivity index (χ3v) is 3.17. The Kier molecular flexibility index (Phi) is 2.88. The Morgan fingerprint density at radius 2 is 1.95 bits per heavy atom. The molecule has 0 fully saturated rings. The minimum atomic E-state index is 0.00658. The average Bonchev–Trinajstić information content (AvgIpc) is 2.42. The maximum Gasteiger partial charge on any atom is 0.261 e. The molecular weight excluding hydrogens is 236 g/mol. The first-order valence-corrected chi connectivity index (χ1v) is 6.24. The third kappa shape index (κ3) is 2.27. The highest BCUT2D eigenvalue weighted by molar-refractivity contribution is 5.76. The van der Waals surface area contributed by atoms with E-state index in [1.165, 1.54) is 5.56 Å². The van der Waals surface area contributed by atoms with Gasteiger partial charge < -0.3 is 0 Å². The van der Waals surface area contributed by atoms with Crippen LogP contribution in [-0.2, 0) is 6.54 Å². The summed E-state index contributed by atoms with van der Waals surface area (Å²) in [7, 11) is 0. The summed E-state index contributed by atoms with van der Waals surface area (Å²) in [6.45, 7) is 2.60. The smallest absolute Gasteiger partial charge is 0.261 e. The SMILES string of the molecule is Cc1cccc(Cn2cnc3ccccc3c2=O)c1. The van der Waals surface area contributed by atoms with Gasteiger partial charge in [-0.25, -0.2) is 4.98 Å². The first kappa shape index (κ1) is 11.7. The molecule has 94 valence electrons. The second-order valence-corrected chi connectivity index (χ2v) is 4.68. The van der Waals surface area contributed by atoms with Crippen LogP contribution in [0.1, 0.15) is 11.1 Å². The van der Waals surface area contributed by atoms with Gasteiger partial charge >= 0.3 is 0 Å². The summed E-state index contributed by atoms with van der Waals surface area (Å²) in [5, 5.41) is 0.664. The van der Waals surface area contributed by atoms with Gasteiger partial charge in [-0.15, -0.1) is 0 Å². The minimum Gasteiger partial charge on any atom is -0.294 e. The van der Waals surface area contributed by atoms with Crippen LogP contribution in [0.5, 0.6) is 0 Å². The van der Waals surface area contributed by atoms with Crippen molar-refractivity contribution in [2.45, 2.75) is 13.5 Å². The summed E-state index contributed by atoms with van der Waals surface area (Å²) < 4.78 is 1.65. The average molecular weight is 250 g/mol. The van der Waals surface area contributed by atoms with Crippen molar-refractivity contribution in [3.8, 4) is 0 Å². The number of fused-ring (bicyclic) bond motifs is 1. The minimum absolute atomic E-state index is 0.00658. The first-order chi connectivity index (χ1) is 9.24. The van der Waals surface area contributed by atoms with Gasteiger partial charge in [-0.2, -0.15) is 0 Å². The summed E-state index contributed by atoms with van der Waals surface area (Å²) in [5.41, 5.74) is 3.05. The number of aromatic nitrogens is 2. The Bertz CT molecular complexity index is 790. The molecule has 1 aromatic heterocycles. The van der Waals surface area contributed by atoms with Crippen molar-refractivity contribution < 1.29 is 0 Å². The molecule has 3 rings (SSSR count). The fourth-order valence-corrected chi connectivity index (χ4v) is 2.23. The fourth-order valence-electron chi connectivity index (χ4n) is 2.23. The number of hydrogen-bond donors (Lipinski definition) is 0. The van der Waals surface area contributed by atoms with Gasteiger partial charge in [-0.05, 0) is 24.6 Å². The number of benzene rings is 2. The summed E-state index contributed by atoms with van der Waals surface area (Å²) in [6, 6.07) is 15.6. The van der Waals surface area contributed by atoms with E-state index < -0.39 is 0 Å². The van der Waals surface area contributed by atoms with Crippen molar-refractivity contribution in [2.75, 3.05) is 0 Å². The van der Waals surface area contributed by atoms with E-state index in [1.54, 1.807) is 10.9 Å². The topological polar surface area (TPSA) is 34.9 Å². The second-order valence-electron chi connectivity index (χ2n) is 4.68. The predicted molar refractivity (Wildman–Crippen MR) is 76.3 cm³/mol. The van der Waals surface area contributed by atoms with Gasteiger partial charge in [0.25, 0.3) is 5.56 Å². The molecule has 19 heavy (non-hydrogen) atoms. The molecule has 0 saturated heterocycles. The van der Waals surface area contributed by atoms with Crippen LogP contribution in [0.4, 0.5) is 0 Å². The molecule has 0 saturated carbocycles. The Labute approximate surface area is 111 Å². The van der Waals surface area contributed by atoms with Crippen molar-refractivity contribution in [1.82, 2.24) is 9.55 Å². The zero-order chi connectivity index (χ0) is 13.2. The molecule has 0 amide bonds. The predicted octanol–water partition coefficient (Wildman–Crippen LogP) is 2.75. The number of aryl methyl sites for hydroxylation is 1. The number of para-hydroxylation sites is 1. The standard InChI is InChI=1S/C16H14N2O/c1-12-5-4-6-13(9-12)10-18-11-17-15-8-3-2-7-14(15)16(18)19/h2-9,11H,10H2,1H3. The van der Waals surface area contributed by atoms with E-state index in [0.717, 1.165) is 11.1 Å². The van der Waals surface area contributed by atoms with Gasteiger partial charge in [0.1, 0.15) is 0 Å². The summed E-state index contributed by atoms with van der Waals surface area (Å²) in [4.78, 5) is 16.7. The lowest BCUT2D eigenvalue weighted by Crippen LogP contribution is -2.21. The lowest BCUT2D eigenvalue weighted by Gasteiger charge is -2.07. The van der Waals surface area contributed by atoms with E-state index in [-0.39, 0.29) is 5.56 Å². The lowest BCUT2D eigenvalue weighted by atomic mass is 10.1. The van der Waals surface area contributed by atoms with Gasteiger partial charge in [0.15, 0.2) is 0 Å². The molecule has 0 bridgehead atoms. The second kappa shape index (κ2) is 4.69. The van der Waals surface area contributed by atoms with Gasteiger partial charge in [-0.3, -0.25) is 9.36 Å². The third-order valence-electron chi connectivity index (χ3n) is 3.17. The quantitative estimate of drug-likeness (QED) is 0.701. The van der Waals surface area contributed by atoms with Crippen molar-refractivity contribution in [3.05, 3.63) is 76.3 Å². The molecule has 0 atom stereocenters. The molecule has 3 aromatic rings. The van der Waals surface area contributed by atoms with Crippen LogP contribution in [-0.4, -0.2) is 9.55 Å². The highest BCUT2D eigenvalue weighted by atomic mass is 16.1. The molecule has 3 heteroatoms. The van der Waals surface area contributed by atoms with Crippen molar-refractivity contribution >= 4 is 10.9 Å². The number of nitrogens with zero attached hydrogens (tertiary/aromatic N) is 2. The molecule has 0 radical (unpaired) electrons. The Balaban J connectivity index is 2.06. The van der Waals surface area contributed by atoms with Crippen LogP contribution in [0.25, 0.3) is 10.9 Å². The van der Waals surface area contributed by atoms with E-state index >= 15 is 0 Å². The Morgan fingerprint density at radius 1 is 1.11 bits per heavy atom. The van der Waals surface area contributed by atoms with Crippen molar-refractivity contribution in [3.63, 3.8) is 0 Å². The molecule has 3 nitrogen and oxygen atoms in total. The molecule has 0 aliphatic heterocycles. The molecule has 0 N–H and O–H groups in total. The zero-order valence-electron chi connectivity index (χ0n) is 10.7. The van der Waals surface area contributed by atoms with E-state index in [2.05, 4.69) is 11.1 Å². The molecule has 0 aliphatic rings. The van der Waals surface area contributed by atoms with E-state index in [0.29, 0.717) is 11.9 Å². The maximum atomic E-state index is 12.3. The van der Waals surface area contributed by atoms with E-state index in [4.69, 9.17) is 0 Å². The normalized spacial score (nSPS) is 10.8. The highest BCUT2D eigenvalue weighted by Crippen LogP contribution is 2.08. The Hall–Kier alpha value is -2.42. The monoisotopic (exact) mass is 250 g/mol. The van der Waals surface area contributed by atoms with Gasteiger partial charge in [0.05, 0.1) is 23.8 Å². The fraction of sp³-hybridized carbons (Fsp3) is 0.125. The molecule has 0 spiro atoms. The van der Waals surface area contributed by atoms with Crippen molar-refractivity contribution in [2.24, 2.45) is 0 Å². The largest absolute Gasteiger partial charge is 0.294 e. The summed E-state index contributed by atoms with van der Waals surface area (Å²) in [6.07, 6.45) is 1.62. The van der Waals surface area contributed by atoms with E-state index in [9.17, 15) is 4.79 Å². The van der Waals surface area contributed by atoms with E-state index in [1.807, 2.05) is 49.4 Å². The molecular formula is C16H14N2O. The number of hydrogen-bond acceptors (Lipinski definition) is 2. The lowest BCUT2D eigenvalue weighted by molar-refractivity contribution is 0.748. The van der Waals surface area contributed by atoms with Gasteiger partial charge in [0.2, 0.25) is 0 Å². The van der Waals surface area contributed by atoms with Gasteiger partial charge in [0, 0.05) is 0 Å². The Morgan fingerprint density at radius 3 is 2.79 bits per heavy atom. The van der Waals surface area contributed by atoms with Crippen molar-refractivity contribution in [1.29, 1.82) is 0 Å². The van der Waals surface area contributed by atoms with Crippen LogP contribution in [0.15, 0.2) is 59.7 Å².